The lowest BCUT2D eigenvalue weighted by Gasteiger charge is -2.41. The van der Waals surface area contributed by atoms with Crippen molar-refractivity contribution >= 4 is 22.8 Å². The van der Waals surface area contributed by atoms with E-state index < -0.39 is 12.1 Å². The zero-order valence-electron chi connectivity index (χ0n) is 18.7. The number of piperidine rings is 1. The minimum atomic E-state index is -5.08. The van der Waals surface area contributed by atoms with Gasteiger partial charge in [0.15, 0.2) is 0 Å². The van der Waals surface area contributed by atoms with Crippen molar-refractivity contribution in [2.45, 2.75) is 38.9 Å². The number of fused-ring (bicyclic) bond motifs is 1. The van der Waals surface area contributed by atoms with Crippen LogP contribution in [0.2, 0.25) is 0 Å². The number of H-pyrrole nitrogens is 1. The number of aliphatic carboxylic acids is 1. The van der Waals surface area contributed by atoms with E-state index in [1.165, 1.54) is 0 Å². The number of halogens is 3. The Balaban J connectivity index is 0.000000451. The minimum Gasteiger partial charge on any atom is -0.496 e. The quantitative estimate of drug-likeness (QED) is 0.717. The zero-order valence-corrected chi connectivity index (χ0v) is 18.7. The van der Waals surface area contributed by atoms with Crippen LogP contribution in [-0.2, 0) is 16.0 Å². The van der Waals surface area contributed by atoms with Crippen molar-refractivity contribution in [1.82, 2.24) is 14.8 Å². The van der Waals surface area contributed by atoms with Gasteiger partial charge in [0.1, 0.15) is 5.75 Å². The average molecular weight is 457 g/mol. The maximum absolute atomic E-state index is 12.9. The second-order valence-corrected chi connectivity index (χ2v) is 7.91. The Kier molecular flexibility index (Phi) is 8.54. The first kappa shape index (κ1) is 25.5. The fraction of sp³-hybridized carbons (Fsp3) is 0.545. The SMILES string of the molecule is CCN1CCC(N(C)C(=O)Cc2c[nH]c3cccc(OC)c23)C(C)C1.O=C(O)C(F)(F)F. The Morgan fingerprint density at radius 2 is 2.00 bits per heavy atom. The van der Waals surface area contributed by atoms with Gasteiger partial charge >= 0.3 is 12.1 Å². The van der Waals surface area contributed by atoms with E-state index in [1.54, 1.807) is 7.11 Å². The highest BCUT2D eigenvalue weighted by Crippen LogP contribution is 2.29. The Bertz CT molecular complexity index is 929. The standard InChI is InChI=1S/C20H29N3O2.C2HF3O2/c1-5-23-10-9-17(14(2)13-23)22(3)19(24)11-15-12-21-16-7-6-8-18(25-4)20(15)16;3-2(4,5)1(6)7/h6-8,12,14,17,21H,5,9-11,13H2,1-4H3;(H,6,7). The Hall–Kier alpha value is -2.75. The van der Waals surface area contributed by atoms with E-state index in [2.05, 4.69) is 23.7 Å². The van der Waals surface area contributed by atoms with Crippen LogP contribution in [0.25, 0.3) is 10.9 Å². The lowest BCUT2D eigenvalue weighted by Crippen LogP contribution is -2.50. The highest BCUT2D eigenvalue weighted by Gasteiger charge is 2.38. The Morgan fingerprint density at radius 3 is 2.53 bits per heavy atom. The zero-order chi connectivity index (χ0) is 24.1. The largest absolute Gasteiger partial charge is 0.496 e. The number of hydrogen-bond donors (Lipinski definition) is 2. The third kappa shape index (κ3) is 6.15. The van der Waals surface area contributed by atoms with Gasteiger partial charge < -0.3 is 24.6 Å². The van der Waals surface area contributed by atoms with Gasteiger partial charge in [-0.15, -0.1) is 0 Å². The minimum absolute atomic E-state index is 0.175. The van der Waals surface area contributed by atoms with Gasteiger partial charge in [-0.2, -0.15) is 13.2 Å². The second-order valence-electron chi connectivity index (χ2n) is 7.91. The summed E-state index contributed by atoms with van der Waals surface area (Å²) in [5.41, 5.74) is 2.01. The van der Waals surface area contributed by atoms with E-state index >= 15 is 0 Å². The van der Waals surface area contributed by atoms with Crippen molar-refractivity contribution in [3.63, 3.8) is 0 Å². The first-order valence-corrected chi connectivity index (χ1v) is 10.4. The summed E-state index contributed by atoms with van der Waals surface area (Å²) in [4.78, 5) is 29.5. The molecule has 1 amide bonds. The summed E-state index contributed by atoms with van der Waals surface area (Å²) in [7, 11) is 3.62. The molecule has 0 saturated carbocycles. The number of rotatable bonds is 5. The van der Waals surface area contributed by atoms with Crippen LogP contribution in [0.4, 0.5) is 13.2 Å². The van der Waals surface area contributed by atoms with E-state index in [1.807, 2.05) is 36.3 Å². The van der Waals surface area contributed by atoms with Gasteiger partial charge in [0.2, 0.25) is 5.91 Å². The molecule has 178 valence electrons. The van der Waals surface area contributed by atoms with Crippen molar-refractivity contribution in [2.24, 2.45) is 5.92 Å². The van der Waals surface area contributed by atoms with Crippen LogP contribution >= 0.6 is 0 Å². The molecular weight excluding hydrogens is 427 g/mol. The summed E-state index contributed by atoms with van der Waals surface area (Å²) in [6.45, 7) is 7.69. The molecule has 10 heteroatoms. The van der Waals surface area contributed by atoms with Crippen molar-refractivity contribution in [1.29, 1.82) is 0 Å². The van der Waals surface area contributed by atoms with Gasteiger partial charge in [-0.25, -0.2) is 4.79 Å². The molecular formula is C22H30F3N3O4. The van der Waals surface area contributed by atoms with Gasteiger partial charge in [-0.3, -0.25) is 4.79 Å². The number of likely N-dealkylation sites (N-methyl/N-ethyl adjacent to an activating group) is 1. The highest BCUT2D eigenvalue weighted by atomic mass is 19.4. The van der Waals surface area contributed by atoms with E-state index in [0.29, 0.717) is 18.4 Å². The molecule has 1 saturated heterocycles. The Morgan fingerprint density at radius 1 is 1.34 bits per heavy atom. The van der Waals surface area contributed by atoms with Crippen LogP contribution < -0.4 is 4.74 Å². The first-order chi connectivity index (χ1) is 15.0. The number of nitrogens with zero attached hydrogens (tertiary/aromatic N) is 2. The first-order valence-electron chi connectivity index (χ1n) is 10.4. The number of carboxylic acid groups (broad SMARTS) is 1. The highest BCUT2D eigenvalue weighted by molar-refractivity contribution is 5.93. The molecule has 7 nitrogen and oxygen atoms in total. The molecule has 1 aromatic heterocycles. The number of likely N-dealkylation sites (tertiary alicyclic amines) is 1. The molecule has 2 atom stereocenters. The lowest BCUT2D eigenvalue weighted by molar-refractivity contribution is -0.192. The van der Waals surface area contributed by atoms with Crippen molar-refractivity contribution in [3.8, 4) is 5.75 Å². The number of aromatic nitrogens is 1. The predicted molar refractivity (Wildman–Crippen MR) is 115 cm³/mol. The molecule has 32 heavy (non-hydrogen) atoms. The van der Waals surface area contributed by atoms with Gasteiger partial charge in [-0.05, 0) is 36.6 Å². The normalized spacial score (nSPS) is 19.2. The van der Waals surface area contributed by atoms with E-state index in [0.717, 1.165) is 48.3 Å². The number of carbonyl (C=O) groups is 2. The molecule has 1 aromatic carbocycles. The number of amides is 1. The Labute approximate surface area is 185 Å². The van der Waals surface area contributed by atoms with Gasteiger partial charge in [0.25, 0.3) is 0 Å². The molecule has 1 fully saturated rings. The fourth-order valence-corrected chi connectivity index (χ4v) is 4.08. The summed E-state index contributed by atoms with van der Waals surface area (Å²) >= 11 is 0. The van der Waals surface area contributed by atoms with Crippen molar-refractivity contribution in [2.75, 3.05) is 33.8 Å². The molecule has 0 aliphatic carbocycles. The van der Waals surface area contributed by atoms with Crippen LogP contribution in [0.1, 0.15) is 25.8 Å². The number of hydrogen-bond acceptors (Lipinski definition) is 4. The van der Waals surface area contributed by atoms with Crippen molar-refractivity contribution in [3.05, 3.63) is 30.0 Å². The molecule has 2 aromatic rings. The van der Waals surface area contributed by atoms with Crippen LogP contribution in [0.5, 0.6) is 5.75 Å². The second kappa shape index (κ2) is 10.7. The molecule has 1 aliphatic rings. The summed E-state index contributed by atoms with van der Waals surface area (Å²) in [5.74, 6) is -1.27. The molecule has 0 radical (unpaired) electrons. The number of ether oxygens (including phenoxy) is 1. The average Bonchev–Trinajstić information content (AvgIpc) is 3.15. The molecule has 1 aliphatic heterocycles. The molecule has 2 N–H and O–H groups in total. The smallest absolute Gasteiger partial charge is 0.490 e. The lowest BCUT2D eigenvalue weighted by atomic mass is 9.92. The van der Waals surface area contributed by atoms with E-state index in [-0.39, 0.29) is 5.91 Å². The van der Waals surface area contributed by atoms with Crippen molar-refractivity contribution < 1.29 is 32.6 Å². The molecule has 2 heterocycles. The third-order valence-corrected chi connectivity index (χ3v) is 5.84. The fourth-order valence-electron chi connectivity index (χ4n) is 4.08. The molecule has 3 rings (SSSR count). The summed E-state index contributed by atoms with van der Waals surface area (Å²) in [6.07, 6.45) is -1.70. The van der Waals surface area contributed by atoms with Gasteiger partial charge in [0.05, 0.1) is 13.5 Å². The number of carbonyl (C=O) groups excluding carboxylic acids is 1. The predicted octanol–water partition coefficient (Wildman–Crippen LogP) is 3.54. The number of methoxy groups -OCH3 is 1. The maximum Gasteiger partial charge on any atom is 0.490 e. The number of nitrogens with one attached hydrogen (secondary N) is 1. The number of alkyl halides is 3. The number of benzene rings is 1. The monoisotopic (exact) mass is 457 g/mol. The van der Waals surface area contributed by atoms with Gasteiger partial charge in [-0.1, -0.05) is 19.9 Å². The summed E-state index contributed by atoms with van der Waals surface area (Å²) in [5, 5.41) is 8.14. The van der Waals surface area contributed by atoms with E-state index in [4.69, 9.17) is 14.6 Å². The van der Waals surface area contributed by atoms with E-state index in [9.17, 15) is 18.0 Å². The van der Waals surface area contributed by atoms with Crippen LogP contribution in [0.15, 0.2) is 24.4 Å². The van der Waals surface area contributed by atoms with Crippen LogP contribution in [0, 0.1) is 5.92 Å². The summed E-state index contributed by atoms with van der Waals surface area (Å²) < 4.78 is 37.2. The number of aromatic amines is 1. The third-order valence-electron chi connectivity index (χ3n) is 5.84. The summed E-state index contributed by atoms with van der Waals surface area (Å²) in [6, 6.07) is 6.23. The topological polar surface area (TPSA) is 85.9 Å². The van der Waals surface area contributed by atoms with Gasteiger partial charge in [0, 0.05) is 43.3 Å². The molecule has 0 spiro atoms. The molecule has 2 unspecified atom stereocenters. The van der Waals surface area contributed by atoms with Crippen LogP contribution in [0.3, 0.4) is 0 Å². The van der Waals surface area contributed by atoms with Crippen LogP contribution in [-0.4, -0.2) is 77.8 Å². The number of carboxylic acids is 1. The maximum atomic E-state index is 12.9. The molecule has 0 bridgehead atoms.